The van der Waals surface area contributed by atoms with E-state index in [4.69, 9.17) is 22.1 Å². The van der Waals surface area contributed by atoms with E-state index in [1.807, 2.05) is 24.3 Å². The van der Waals surface area contributed by atoms with E-state index in [-0.39, 0.29) is 12.1 Å². The Balaban J connectivity index is 2.72. The number of hydrogen-bond acceptors (Lipinski definition) is 2. The third-order valence-corrected chi connectivity index (χ3v) is 3.61. The summed E-state index contributed by atoms with van der Waals surface area (Å²) in [7, 11) is 0. The van der Waals surface area contributed by atoms with Gasteiger partial charge in [-0.05, 0) is 36.5 Å². The van der Waals surface area contributed by atoms with Gasteiger partial charge in [0.2, 0.25) is 0 Å². The van der Waals surface area contributed by atoms with Crippen LogP contribution in [0.3, 0.4) is 0 Å². The van der Waals surface area contributed by atoms with Gasteiger partial charge in [-0.3, -0.25) is 0 Å². The lowest BCUT2D eigenvalue weighted by atomic mass is 10.0. The molecule has 2 nitrogen and oxygen atoms in total. The summed E-state index contributed by atoms with van der Waals surface area (Å²) in [5.41, 5.74) is 7.27. The molecule has 0 aliphatic heterocycles. The minimum Gasteiger partial charge on any atom is -0.372 e. The Bertz CT molecular complexity index is 370. The number of benzene rings is 1. The van der Waals surface area contributed by atoms with Crippen molar-refractivity contribution < 1.29 is 4.74 Å². The van der Waals surface area contributed by atoms with Crippen molar-refractivity contribution in [2.45, 2.75) is 52.2 Å². The fourth-order valence-corrected chi connectivity index (χ4v) is 2.41. The first-order valence-corrected chi connectivity index (χ1v) is 7.58. The van der Waals surface area contributed by atoms with Crippen LogP contribution >= 0.6 is 11.6 Å². The molecular weight excluding hydrogens is 258 g/mol. The van der Waals surface area contributed by atoms with Crippen LogP contribution in [0.4, 0.5) is 0 Å². The van der Waals surface area contributed by atoms with Gasteiger partial charge in [-0.25, -0.2) is 0 Å². The second-order valence-corrected chi connectivity index (χ2v) is 5.71. The lowest BCUT2D eigenvalue weighted by molar-refractivity contribution is 0.0131. The highest BCUT2D eigenvalue weighted by molar-refractivity contribution is 6.30. The van der Waals surface area contributed by atoms with Gasteiger partial charge in [0.1, 0.15) is 0 Å². The van der Waals surface area contributed by atoms with Crippen molar-refractivity contribution in [3.63, 3.8) is 0 Å². The molecule has 1 aromatic rings. The van der Waals surface area contributed by atoms with Crippen LogP contribution in [0.2, 0.25) is 5.02 Å². The lowest BCUT2D eigenvalue weighted by Crippen LogP contribution is -2.30. The summed E-state index contributed by atoms with van der Waals surface area (Å²) in [6, 6.07) is 7.82. The average molecular weight is 284 g/mol. The summed E-state index contributed by atoms with van der Waals surface area (Å²) < 4.78 is 6.07. The van der Waals surface area contributed by atoms with Crippen molar-refractivity contribution >= 4 is 11.6 Å². The standard InChI is InChI=1S/C16H26ClNO/c1-4-7-12(3)11-19-16(15(18)5-2)13-8-6-9-14(17)10-13/h6,8-10,12,15-16H,4-5,7,11,18H2,1-3H3. The highest BCUT2D eigenvalue weighted by Gasteiger charge is 2.20. The van der Waals surface area contributed by atoms with Gasteiger partial charge in [0.15, 0.2) is 0 Å². The largest absolute Gasteiger partial charge is 0.372 e. The minimum absolute atomic E-state index is 0.00675. The van der Waals surface area contributed by atoms with Crippen LogP contribution in [0.15, 0.2) is 24.3 Å². The van der Waals surface area contributed by atoms with Crippen molar-refractivity contribution in [3.05, 3.63) is 34.9 Å². The summed E-state index contributed by atoms with van der Waals surface area (Å²) in [6.07, 6.45) is 3.19. The first-order valence-electron chi connectivity index (χ1n) is 7.21. The fourth-order valence-electron chi connectivity index (χ4n) is 2.21. The van der Waals surface area contributed by atoms with E-state index in [0.717, 1.165) is 23.6 Å². The average Bonchev–Trinajstić information content (AvgIpc) is 2.39. The van der Waals surface area contributed by atoms with E-state index in [2.05, 4.69) is 20.8 Å². The maximum atomic E-state index is 6.19. The van der Waals surface area contributed by atoms with E-state index >= 15 is 0 Å². The molecule has 0 aliphatic rings. The maximum absolute atomic E-state index is 6.19. The van der Waals surface area contributed by atoms with E-state index in [9.17, 15) is 0 Å². The van der Waals surface area contributed by atoms with Crippen LogP contribution in [0, 0.1) is 5.92 Å². The molecule has 0 saturated carbocycles. The number of nitrogens with two attached hydrogens (primary N) is 1. The highest BCUT2D eigenvalue weighted by Crippen LogP contribution is 2.25. The molecule has 19 heavy (non-hydrogen) atoms. The van der Waals surface area contributed by atoms with Gasteiger partial charge in [0.25, 0.3) is 0 Å². The van der Waals surface area contributed by atoms with E-state index in [1.165, 1.54) is 12.8 Å². The molecule has 0 bridgehead atoms. The molecule has 0 aliphatic carbocycles. The Morgan fingerprint density at radius 2 is 2.05 bits per heavy atom. The monoisotopic (exact) mass is 283 g/mol. The Labute approximate surface area is 122 Å². The first kappa shape index (κ1) is 16.5. The molecule has 0 amide bonds. The fraction of sp³-hybridized carbons (Fsp3) is 0.625. The Hall–Kier alpha value is -0.570. The molecule has 3 atom stereocenters. The molecule has 0 heterocycles. The summed E-state index contributed by atoms with van der Waals surface area (Å²) in [6.45, 7) is 7.25. The number of halogens is 1. The molecule has 0 fully saturated rings. The van der Waals surface area contributed by atoms with Crippen molar-refractivity contribution in [1.82, 2.24) is 0 Å². The second-order valence-electron chi connectivity index (χ2n) is 5.27. The normalized spacial score (nSPS) is 16.1. The topological polar surface area (TPSA) is 35.2 Å². The third kappa shape index (κ3) is 5.52. The summed E-state index contributed by atoms with van der Waals surface area (Å²) >= 11 is 6.05. The van der Waals surface area contributed by atoms with E-state index in [0.29, 0.717) is 5.92 Å². The SMILES string of the molecule is CCCC(C)COC(c1cccc(Cl)c1)C(N)CC. The zero-order chi connectivity index (χ0) is 14.3. The first-order chi connectivity index (χ1) is 9.08. The van der Waals surface area contributed by atoms with Gasteiger partial charge in [0, 0.05) is 11.1 Å². The molecule has 1 rings (SSSR count). The molecule has 2 N–H and O–H groups in total. The maximum Gasteiger partial charge on any atom is 0.0976 e. The van der Waals surface area contributed by atoms with Crippen LogP contribution in [0.1, 0.15) is 51.7 Å². The van der Waals surface area contributed by atoms with Crippen molar-refractivity contribution in [3.8, 4) is 0 Å². The Kier molecular flexibility index (Phi) is 7.44. The van der Waals surface area contributed by atoms with Gasteiger partial charge in [-0.2, -0.15) is 0 Å². The van der Waals surface area contributed by atoms with Crippen molar-refractivity contribution in [1.29, 1.82) is 0 Å². The van der Waals surface area contributed by atoms with Crippen LogP contribution in [0.5, 0.6) is 0 Å². The van der Waals surface area contributed by atoms with E-state index in [1.54, 1.807) is 0 Å². The molecule has 3 heteroatoms. The van der Waals surface area contributed by atoms with Gasteiger partial charge >= 0.3 is 0 Å². The predicted molar refractivity (Wildman–Crippen MR) is 82.5 cm³/mol. The van der Waals surface area contributed by atoms with Crippen LogP contribution in [-0.2, 0) is 4.74 Å². The number of rotatable bonds is 8. The zero-order valence-corrected chi connectivity index (χ0v) is 13.0. The molecule has 108 valence electrons. The predicted octanol–water partition coefficient (Wildman–Crippen LogP) is 4.57. The smallest absolute Gasteiger partial charge is 0.0976 e. The summed E-state index contributed by atoms with van der Waals surface area (Å²) in [5, 5.41) is 0.732. The van der Waals surface area contributed by atoms with Crippen LogP contribution < -0.4 is 5.73 Å². The molecule has 0 spiro atoms. The number of hydrogen-bond donors (Lipinski definition) is 1. The van der Waals surface area contributed by atoms with Gasteiger partial charge < -0.3 is 10.5 Å². The second kappa shape index (κ2) is 8.57. The van der Waals surface area contributed by atoms with Crippen molar-refractivity contribution in [2.24, 2.45) is 11.7 Å². The summed E-state index contributed by atoms with van der Waals surface area (Å²) in [4.78, 5) is 0. The van der Waals surface area contributed by atoms with Gasteiger partial charge in [0.05, 0.1) is 12.7 Å². The van der Waals surface area contributed by atoms with Crippen LogP contribution in [-0.4, -0.2) is 12.6 Å². The molecular formula is C16H26ClNO. The quantitative estimate of drug-likeness (QED) is 0.758. The zero-order valence-electron chi connectivity index (χ0n) is 12.2. The van der Waals surface area contributed by atoms with Crippen molar-refractivity contribution in [2.75, 3.05) is 6.61 Å². The Morgan fingerprint density at radius 3 is 2.63 bits per heavy atom. The molecule has 0 saturated heterocycles. The highest BCUT2D eigenvalue weighted by atomic mass is 35.5. The molecule has 1 aromatic carbocycles. The molecule has 3 unspecified atom stereocenters. The van der Waals surface area contributed by atoms with Gasteiger partial charge in [-0.1, -0.05) is 50.9 Å². The molecule has 0 radical (unpaired) electrons. The number of ether oxygens (including phenoxy) is 1. The minimum atomic E-state index is -0.0667. The third-order valence-electron chi connectivity index (χ3n) is 3.38. The van der Waals surface area contributed by atoms with Crippen LogP contribution in [0.25, 0.3) is 0 Å². The molecule has 0 aromatic heterocycles. The Morgan fingerprint density at radius 1 is 1.32 bits per heavy atom. The summed E-state index contributed by atoms with van der Waals surface area (Å²) in [5.74, 6) is 0.566. The lowest BCUT2D eigenvalue weighted by Gasteiger charge is -2.25. The van der Waals surface area contributed by atoms with Gasteiger partial charge in [-0.15, -0.1) is 0 Å². The van der Waals surface area contributed by atoms with E-state index < -0.39 is 0 Å².